The SMILES string of the molecule is CCn1c(SCc2cccc(C)c2)nnc1-c1sc2ncccc2c1N. The number of nitrogens with zero attached hydrogens (tertiary/aromatic N) is 4. The van der Waals surface area contributed by atoms with Gasteiger partial charge >= 0.3 is 0 Å². The number of thioether (sulfide) groups is 1. The van der Waals surface area contributed by atoms with Gasteiger partial charge in [0.15, 0.2) is 11.0 Å². The van der Waals surface area contributed by atoms with Gasteiger partial charge in [0.1, 0.15) is 4.83 Å². The Hall–Kier alpha value is -2.38. The Labute approximate surface area is 160 Å². The van der Waals surface area contributed by atoms with Crippen molar-refractivity contribution in [2.75, 3.05) is 5.73 Å². The lowest BCUT2D eigenvalue weighted by Gasteiger charge is -2.07. The molecule has 0 atom stereocenters. The van der Waals surface area contributed by atoms with Crippen LogP contribution in [0.1, 0.15) is 18.1 Å². The summed E-state index contributed by atoms with van der Waals surface area (Å²) in [6.45, 7) is 5.00. The first-order valence-corrected chi connectivity index (χ1v) is 10.2. The number of aromatic nitrogens is 4. The van der Waals surface area contributed by atoms with E-state index >= 15 is 0 Å². The fourth-order valence-corrected chi connectivity index (χ4v) is 4.92. The van der Waals surface area contributed by atoms with Gasteiger partial charge in [-0.3, -0.25) is 0 Å². The predicted octanol–water partition coefficient (Wildman–Crippen LogP) is 4.76. The molecule has 0 unspecified atom stereocenters. The molecule has 0 saturated carbocycles. The molecule has 0 radical (unpaired) electrons. The zero-order chi connectivity index (χ0) is 18.1. The van der Waals surface area contributed by atoms with Crippen LogP contribution >= 0.6 is 23.1 Å². The maximum Gasteiger partial charge on any atom is 0.191 e. The first kappa shape index (κ1) is 17.1. The van der Waals surface area contributed by atoms with Gasteiger partial charge in [-0.2, -0.15) is 0 Å². The molecule has 132 valence electrons. The van der Waals surface area contributed by atoms with Crippen LogP contribution in [0.5, 0.6) is 0 Å². The Balaban J connectivity index is 1.67. The monoisotopic (exact) mass is 381 g/mol. The third kappa shape index (κ3) is 3.08. The van der Waals surface area contributed by atoms with E-state index in [1.165, 1.54) is 11.1 Å². The highest BCUT2D eigenvalue weighted by Gasteiger charge is 2.19. The fourth-order valence-electron chi connectivity index (χ4n) is 2.92. The molecule has 0 saturated heterocycles. The van der Waals surface area contributed by atoms with E-state index in [0.29, 0.717) is 0 Å². The highest BCUT2D eigenvalue weighted by molar-refractivity contribution is 7.98. The van der Waals surface area contributed by atoms with Crippen LogP contribution in [0.25, 0.3) is 20.9 Å². The second-order valence-electron chi connectivity index (χ2n) is 6.03. The first-order chi connectivity index (χ1) is 12.7. The van der Waals surface area contributed by atoms with Crippen molar-refractivity contribution in [2.45, 2.75) is 31.3 Å². The van der Waals surface area contributed by atoms with E-state index in [9.17, 15) is 0 Å². The molecule has 0 spiro atoms. The van der Waals surface area contributed by atoms with Gasteiger partial charge in [-0.25, -0.2) is 4.98 Å². The number of benzene rings is 1. The van der Waals surface area contributed by atoms with E-state index < -0.39 is 0 Å². The molecule has 26 heavy (non-hydrogen) atoms. The van der Waals surface area contributed by atoms with E-state index in [1.807, 2.05) is 12.1 Å². The van der Waals surface area contributed by atoms with Crippen LogP contribution in [-0.4, -0.2) is 19.7 Å². The van der Waals surface area contributed by atoms with Crippen molar-refractivity contribution < 1.29 is 0 Å². The predicted molar refractivity (Wildman–Crippen MR) is 109 cm³/mol. The molecule has 0 aliphatic carbocycles. The van der Waals surface area contributed by atoms with Crippen LogP contribution in [0.4, 0.5) is 5.69 Å². The number of aryl methyl sites for hydroxylation is 1. The number of pyridine rings is 1. The van der Waals surface area contributed by atoms with Crippen LogP contribution in [0.2, 0.25) is 0 Å². The lowest BCUT2D eigenvalue weighted by atomic mass is 10.2. The summed E-state index contributed by atoms with van der Waals surface area (Å²) < 4.78 is 2.13. The number of thiophene rings is 1. The Morgan fingerprint density at radius 3 is 2.85 bits per heavy atom. The summed E-state index contributed by atoms with van der Waals surface area (Å²) in [5.41, 5.74) is 9.65. The molecule has 5 nitrogen and oxygen atoms in total. The Morgan fingerprint density at radius 2 is 2.08 bits per heavy atom. The molecule has 4 aromatic rings. The maximum absolute atomic E-state index is 6.37. The van der Waals surface area contributed by atoms with Crippen molar-refractivity contribution >= 4 is 39.0 Å². The van der Waals surface area contributed by atoms with Crippen LogP contribution in [-0.2, 0) is 12.3 Å². The van der Waals surface area contributed by atoms with Gasteiger partial charge in [0, 0.05) is 23.9 Å². The van der Waals surface area contributed by atoms with Crippen LogP contribution in [0.3, 0.4) is 0 Å². The third-order valence-corrected chi connectivity index (χ3v) is 6.35. The quantitative estimate of drug-likeness (QED) is 0.505. The summed E-state index contributed by atoms with van der Waals surface area (Å²) in [4.78, 5) is 6.28. The minimum absolute atomic E-state index is 0.732. The summed E-state index contributed by atoms with van der Waals surface area (Å²) in [5, 5.41) is 10.7. The highest BCUT2D eigenvalue weighted by atomic mass is 32.2. The largest absolute Gasteiger partial charge is 0.397 e. The van der Waals surface area contributed by atoms with Gasteiger partial charge in [-0.1, -0.05) is 41.6 Å². The van der Waals surface area contributed by atoms with Crippen molar-refractivity contribution in [1.82, 2.24) is 19.7 Å². The molecule has 3 heterocycles. The van der Waals surface area contributed by atoms with Crippen molar-refractivity contribution in [3.63, 3.8) is 0 Å². The summed E-state index contributed by atoms with van der Waals surface area (Å²) in [6, 6.07) is 12.4. The fraction of sp³-hybridized carbons (Fsp3) is 0.211. The Bertz CT molecular complexity index is 1070. The van der Waals surface area contributed by atoms with Crippen molar-refractivity contribution in [3.8, 4) is 10.7 Å². The average molecular weight is 382 g/mol. The standard InChI is InChI=1S/C19H19N5S2/c1-3-24-17(16-15(20)14-8-5-9-21-18(14)26-16)22-23-19(24)25-11-13-7-4-6-12(2)10-13/h4-10H,3,11,20H2,1-2H3. The van der Waals surface area contributed by atoms with Crippen LogP contribution in [0, 0.1) is 6.92 Å². The molecular formula is C19H19N5S2. The number of hydrogen-bond acceptors (Lipinski definition) is 6. The number of nitrogen functional groups attached to an aromatic ring is 1. The lowest BCUT2D eigenvalue weighted by molar-refractivity contribution is 0.688. The van der Waals surface area contributed by atoms with E-state index in [-0.39, 0.29) is 0 Å². The number of hydrogen-bond donors (Lipinski definition) is 1. The van der Waals surface area contributed by atoms with Gasteiger partial charge in [-0.15, -0.1) is 21.5 Å². The zero-order valence-corrected chi connectivity index (χ0v) is 16.3. The molecule has 7 heteroatoms. The van der Waals surface area contributed by atoms with Gasteiger partial charge in [0.05, 0.1) is 10.6 Å². The number of nitrogens with two attached hydrogens (primary N) is 1. The zero-order valence-electron chi connectivity index (χ0n) is 14.6. The van der Waals surface area contributed by atoms with Gasteiger partial charge < -0.3 is 10.3 Å². The van der Waals surface area contributed by atoms with Crippen molar-refractivity contribution in [1.29, 1.82) is 0 Å². The molecule has 0 aliphatic rings. The van der Waals surface area contributed by atoms with E-state index in [4.69, 9.17) is 5.73 Å². The third-order valence-electron chi connectivity index (χ3n) is 4.19. The summed E-state index contributed by atoms with van der Waals surface area (Å²) >= 11 is 3.27. The van der Waals surface area contributed by atoms with Crippen molar-refractivity contribution in [3.05, 3.63) is 53.7 Å². The maximum atomic E-state index is 6.37. The van der Waals surface area contributed by atoms with Gasteiger partial charge in [0.25, 0.3) is 0 Å². The van der Waals surface area contributed by atoms with Crippen LogP contribution < -0.4 is 5.73 Å². The summed E-state index contributed by atoms with van der Waals surface area (Å²) in [7, 11) is 0. The molecule has 0 aliphatic heterocycles. The molecule has 2 N–H and O–H groups in total. The molecular weight excluding hydrogens is 362 g/mol. The number of fused-ring (bicyclic) bond motifs is 1. The van der Waals surface area contributed by atoms with E-state index in [1.54, 1.807) is 29.3 Å². The highest BCUT2D eigenvalue weighted by Crippen LogP contribution is 2.39. The second-order valence-corrected chi connectivity index (χ2v) is 7.97. The topological polar surface area (TPSA) is 69.6 Å². The average Bonchev–Trinajstić information content (AvgIpc) is 3.21. The molecule has 0 fully saturated rings. The number of rotatable bonds is 5. The molecule has 1 aromatic carbocycles. The van der Waals surface area contributed by atoms with Crippen molar-refractivity contribution in [2.24, 2.45) is 0 Å². The molecule has 3 aromatic heterocycles. The van der Waals surface area contributed by atoms with Gasteiger partial charge in [0.2, 0.25) is 0 Å². The van der Waals surface area contributed by atoms with Crippen LogP contribution in [0.15, 0.2) is 47.8 Å². The molecule has 0 amide bonds. The lowest BCUT2D eigenvalue weighted by Crippen LogP contribution is -2.00. The minimum atomic E-state index is 0.732. The Kier molecular flexibility index (Phi) is 4.65. The smallest absolute Gasteiger partial charge is 0.191 e. The second kappa shape index (κ2) is 7.09. The Morgan fingerprint density at radius 1 is 1.19 bits per heavy atom. The molecule has 4 rings (SSSR count). The summed E-state index contributed by atoms with van der Waals surface area (Å²) in [6.07, 6.45) is 1.79. The van der Waals surface area contributed by atoms with Gasteiger partial charge in [-0.05, 0) is 31.5 Å². The normalized spacial score (nSPS) is 11.3. The van der Waals surface area contributed by atoms with E-state index in [0.717, 1.165) is 44.1 Å². The first-order valence-electron chi connectivity index (χ1n) is 8.42. The van der Waals surface area contributed by atoms with E-state index in [2.05, 4.69) is 57.9 Å². The number of anilines is 1. The minimum Gasteiger partial charge on any atom is -0.397 e. The summed E-state index contributed by atoms with van der Waals surface area (Å²) in [5.74, 6) is 1.68. The molecule has 0 bridgehead atoms.